The lowest BCUT2D eigenvalue weighted by atomic mass is 10.1. The van der Waals surface area contributed by atoms with Gasteiger partial charge in [-0.15, -0.1) is 23.2 Å². The summed E-state index contributed by atoms with van der Waals surface area (Å²) < 4.78 is 21.9. The van der Waals surface area contributed by atoms with Gasteiger partial charge in [0.15, 0.2) is 9.84 Å². The summed E-state index contributed by atoms with van der Waals surface area (Å²) in [4.78, 5) is 22.3. The topological polar surface area (TPSA) is 118 Å². The number of nitro groups is 1. The average Bonchev–Trinajstić information content (AvgIpc) is 3.02. The molecule has 25 heavy (non-hydrogen) atoms. The SMILES string of the molecule is CC1(C(=O)NCCNc2ccc(S(C)(=O)=O)cc2[N+](=O)[O-])CC1(Cl)Cl. The lowest BCUT2D eigenvalue weighted by Crippen LogP contribution is -2.36. The number of anilines is 1. The van der Waals surface area contributed by atoms with Crippen LogP contribution in [-0.2, 0) is 14.6 Å². The van der Waals surface area contributed by atoms with Gasteiger partial charge in [-0.1, -0.05) is 0 Å². The summed E-state index contributed by atoms with van der Waals surface area (Å²) in [6, 6.07) is 3.60. The van der Waals surface area contributed by atoms with Crippen molar-refractivity contribution in [3.05, 3.63) is 28.3 Å². The fourth-order valence-corrected chi connectivity index (χ4v) is 3.60. The van der Waals surface area contributed by atoms with Gasteiger partial charge in [-0.2, -0.15) is 0 Å². The molecule has 0 radical (unpaired) electrons. The number of carbonyl (C=O) groups excluding carboxylic acids is 1. The molecule has 1 aliphatic carbocycles. The molecule has 1 fully saturated rings. The van der Waals surface area contributed by atoms with Crippen LogP contribution in [-0.4, -0.2) is 42.9 Å². The highest BCUT2D eigenvalue weighted by molar-refractivity contribution is 7.90. The van der Waals surface area contributed by atoms with E-state index in [0.29, 0.717) is 6.42 Å². The molecule has 1 saturated carbocycles. The Kier molecular flexibility index (Phi) is 5.23. The van der Waals surface area contributed by atoms with Crippen molar-refractivity contribution in [3.8, 4) is 0 Å². The van der Waals surface area contributed by atoms with E-state index in [1.165, 1.54) is 12.1 Å². The molecular formula is C14H17Cl2N3O5S. The summed E-state index contributed by atoms with van der Waals surface area (Å²) in [6.45, 7) is 2.06. The Hall–Kier alpha value is -1.58. The Morgan fingerprint density at radius 2 is 1.96 bits per heavy atom. The number of alkyl halides is 2. The second-order valence-corrected chi connectivity index (χ2v) is 9.60. The minimum atomic E-state index is -3.55. The molecule has 0 aliphatic heterocycles. The first-order valence-electron chi connectivity index (χ1n) is 7.27. The number of benzene rings is 1. The quantitative estimate of drug-likeness (QED) is 0.308. The lowest BCUT2D eigenvalue weighted by Gasteiger charge is -2.13. The molecule has 1 atom stereocenters. The van der Waals surface area contributed by atoms with Crippen LogP contribution in [0.25, 0.3) is 0 Å². The third-order valence-corrected chi connectivity index (χ3v) is 6.29. The van der Waals surface area contributed by atoms with Crippen molar-refractivity contribution >= 4 is 50.3 Å². The van der Waals surface area contributed by atoms with Gasteiger partial charge in [0.1, 0.15) is 10.0 Å². The van der Waals surface area contributed by atoms with Crippen molar-refractivity contribution in [2.24, 2.45) is 5.41 Å². The van der Waals surface area contributed by atoms with E-state index in [9.17, 15) is 23.3 Å². The maximum absolute atomic E-state index is 12.0. The van der Waals surface area contributed by atoms with Gasteiger partial charge in [0.2, 0.25) is 5.91 Å². The molecule has 138 valence electrons. The van der Waals surface area contributed by atoms with Gasteiger partial charge in [0, 0.05) is 25.4 Å². The molecule has 0 saturated heterocycles. The Balaban J connectivity index is 1.97. The number of hydrogen-bond acceptors (Lipinski definition) is 6. The van der Waals surface area contributed by atoms with Crippen LogP contribution in [0.5, 0.6) is 0 Å². The molecule has 2 rings (SSSR count). The summed E-state index contributed by atoms with van der Waals surface area (Å²) >= 11 is 11.8. The van der Waals surface area contributed by atoms with E-state index < -0.39 is 24.5 Å². The Labute approximate surface area is 154 Å². The fraction of sp³-hybridized carbons (Fsp3) is 0.500. The van der Waals surface area contributed by atoms with E-state index in [0.717, 1.165) is 12.3 Å². The van der Waals surface area contributed by atoms with Gasteiger partial charge < -0.3 is 10.6 Å². The number of nitro benzene ring substituents is 1. The van der Waals surface area contributed by atoms with E-state index in [4.69, 9.17) is 23.2 Å². The van der Waals surface area contributed by atoms with E-state index in [2.05, 4.69) is 10.6 Å². The van der Waals surface area contributed by atoms with E-state index in [1.54, 1.807) is 6.92 Å². The third kappa shape index (κ3) is 4.16. The Morgan fingerprint density at radius 3 is 2.44 bits per heavy atom. The first-order valence-corrected chi connectivity index (χ1v) is 9.92. The highest BCUT2D eigenvalue weighted by atomic mass is 35.5. The number of carbonyl (C=O) groups is 1. The van der Waals surface area contributed by atoms with E-state index in [-0.39, 0.29) is 35.3 Å². The van der Waals surface area contributed by atoms with Crippen molar-refractivity contribution in [2.45, 2.75) is 22.6 Å². The van der Waals surface area contributed by atoms with Crippen molar-refractivity contribution in [1.29, 1.82) is 0 Å². The normalized spacial score (nSPS) is 21.4. The predicted molar refractivity (Wildman–Crippen MR) is 94.9 cm³/mol. The third-order valence-electron chi connectivity index (χ3n) is 4.08. The second kappa shape index (κ2) is 6.62. The van der Waals surface area contributed by atoms with Crippen LogP contribution in [0.3, 0.4) is 0 Å². The number of amides is 1. The molecule has 11 heteroatoms. The standard InChI is InChI=1S/C14H17Cl2N3O5S/c1-13(8-14(13,15)16)12(20)18-6-5-17-10-4-3-9(25(2,23)24)7-11(10)19(21)22/h3-4,7,17H,5-6,8H2,1-2H3,(H,18,20). The average molecular weight is 410 g/mol. The minimum Gasteiger partial charge on any atom is -0.378 e. The molecule has 1 aromatic carbocycles. The van der Waals surface area contributed by atoms with Gasteiger partial charge in [0.05, 0.1) is 15.2 Å². The van der Waals surface area contributed by atoms with E-state index in [1.807, 2.05) is 0 Å². The number of nitrogens with zero attached hydrogens (tertiary/aromatic N) is 1. The summed E-state index contributed by atoms with van der Waals surface area (Å²) in [5.41, 5.74) is -1.03. The largest absolute Gasteiger partial charge is 0.378 e. The van der Waals surface area contributed by atoms with Gasteiger partial charge in [-0.25, -0.2) is 8.42 Å². The van der Waals surface area contributed by atoms with Gasteiger partial charge in [-0.05, 0) is 25.5 Å². The highest BCUT2D eigenvalue weighted by Gasteiger charge is 2.67. The second-order valence-electron chi connectivity index (χ2n) is 6.10. The van der Waals surface area contributed by atoms with Crippen LogP contribution in [0.1, 0.15) is 13.3 Å². The van der Waals surface area contributed by atoms with Crippen molar-refractivity contribution in [2.75, 3.05) is 24.7 Å². The van der Waals surface area contributed by atoms with Crippen LogP contribution in [0.2, 0.25) is 0 Å². The minimum absolute atomic E-state index is 0.139. The van der Waals surface area contributed by atoms with Crippen LogP contribution < -0.4 is 10.6 Å². The maximum atomic E-state index is 12.0. The molecular weight excluding hydrogens is 393 g/mol. The summed E-state index contributed by atoms with van der Waals surface area (Å²) in [6.07, 6.45) is 1.34. The summed E-state index contributed by atoms with van der Waals surface area (Å²) in [7, 11) is -3.55. The fourth-order valence-electron chi connectivity index (χ4n) is 2.26. The number of nitrogens with one attached hydrogen (secondary N) is 2. The molecule has 0 bridgehead atoms. The number of hydrogen-bond donors (Lipinski definition) is 2. The van der Waals surface area contributed by atoms with Crippen LogP contribution in [0.4, 0.5) is 11.4 Å². The van der Waals surface area contributed by atoms with Crippen LogP contribution in [0, 0.1) is 15.5 Å². The first-order chi connectivity index (χ1) is 11.4. The molecule has 1 aliphatic rings. The molecule has 0 aromatic heterocycles. The van der Waals surface area contributed by atoms with Crippen molar-refractivity contribution < 1.29 is 18.1 Å². The predicted octanol–water partition coefficient (Wildman–Crippen LogP) is 2.11. The molecule has 8 nitrogen and oxygen atoms in total. The summed E-state index contributed by atoms with van der Waals surface area (Å²) in [5.74, 6) is -0.291. The van der Waals surface area contributed by atoms with Crippen molar-refractivity contribution in [3.63, 3.8) is 0 Å². The number of rotatable bonds is 7. The molecule has 1 aromatic rings. The first kappa shape index (κ1) is 19.7. The Bertz CT molecular complexity index is 828. The summed E-state index contributed by atoms with van der Waals surface area (Å²) in [5, 5.41) is 16.6. The van der Waals surface area contributed by atoms with Crippen molar-refractivity contribution in [1.82, 2.24) is 5.32 Å². The Morgan fingerprint density at radius 1 is 1.36 bits per heavy atom. The smallest absolute Gasteiger partial charge is 0.293 e. The van der Waals surface area contributed by atoms with Gasteiger partial charge >= 0.3 is 0 Å². The zero-order chi connectivity index (χ0) is 19.0. The maximum Gasteiger partial charge on any atom is 0.293 e. The highest BCUT2D eigenvalue weighted by Crippen LogP contribution is 2.63. The zero-order valence-electron chi connectivity index (χ0n) is 13.5. The number of sulfone groups is 1. The monoisotopic (exact) mass is 409 g/mol. The zero-order valence-corrected chi connectivity index (χ0v) is 15.8. The van der Waals surface area contributed by atoms with Gasteiger partial charge in [-0.3, -0.25) is 14.9 Å². The molecule has 2 N–H and O–H groups in total. The van der Waals surface area contributed by atoms with Crippen LogP contribution in [0.15, 0.2) is 23.1 Å². The van der Waals surface area contributed by atoms with Gasteiger partial charge in [0.25, 0.3) is 5.69 Å². The molecule has 0 spiro atoms. The number of halogens is 2. The molecule has 1 amide bonds. The van der Waals surface area contributed by atoms with E-state index >= 15 is 0 Å². The lowest BCUT2D eigenvalue weighted by molar-refractivity contribution is -0.384. The molecule has 1 unspecified atom stereocenters. The molecule has 0 heterocycles. The van der Waals surface area contributed by atoms with Crippen LogP contribution >= 0.6 is 23.2 Å².